The van der Waals surface area contributed by atoms with E-state index in [4.69, 9.17) is 5.73 Å². The monoisotopic (exact) mass is 282 g/mol. The summed E-state index contributed by atoms with van der Waals surface area (Å²) in [6.07, 6.45) is 3.20. The van der Waals surface area contributed by atoms with Crippen LogP contribution in [-0.4, -0.2) is 25.7 Å². The van der Waals surface area contributed by atoms with Crippen molar-refractivity contribution < 1.29 is 4.79 Å². The van der Waals surface area contributed by atoms with Gasteiger partial charge in [0.1, 0.15) is 0 Å². The highest BCUT2D eigenvalue weighted by atomic mass is 16.1. The summed E-state index contributed by atoms with van der Waals surface area (Å²) in [5.74, 6) is 0.217. The van der Waals surface area contributed by atoms with Crippen LogP contribution in [-0.2, 0) is 7.05 Å². The van der Waals surface area contributed by atoms with Crippen LogP contribution in [0.2, 0.25) is 0 Å². The molecule has 3 rings (SSSR count). The van der Waals surface area contributed by atoms with Gasteiger partial charge in [0.15, 0.2) is 5.82 Å². The molecule has 2 aromatic heterocycles. The summed E-state index contributed by atoms with van der Waals surface area (Å²) in [7, 11) is 1.73. The second-order valence-electron chi connectivity index (χ2n) is 4.69. The lowest BCUT2D eigenvalue weighted by Gasteiger charge is -2.07. The van der Waals surface area contributed by atoms with E-state index in [1.54, 1.807) is 49.2 Å². The van der Waals surface area contributed by atoms with Crippen LogP contribution in [0.15, 0.2) is 30.6 Å². The van der Waals surface area contributed by atoms with E-state index in [-0.39, 0.29) is 5.91 Å². The Hall–Kier alpha value is -2.96. The zero-order chi connectivity index (χ0) is 15.0. The third-order valence-electron chi connectivity index (χ3n) is 3.23. The molecule has 0 unspecified atom stereocenters. The van der Waals surface area contributed by atoms with Crippen molar-refractivity contribution in [3.05, 3.63) is 41.9 Å². The molecule has 0 saturated heterocycles. The predicted octanol–water partition coefficient (Wildman–Crippen LogP) is 1.51. The number of hydrogen-bond donors (Lipinski definition) is 2. The standard InChI is InChI=1S/C14H14N6O/c1-8-12(15)13(20(2)19-8)18-14(21)9-3-4-10-11(7-9)17-6-5-16-10/h3-7H,15H2,1-2H3,(H,18,21). The van der Waals surface area contributed by atoms with Crippen molar-refractivity contribution in [2.45, 2.75) is 6.92 Å². The molecule has 0 spiro atoms. The fraction of sp³-hybridized carbons (Fsp3) is 0.143. The van der Waals surface area contributed by atoms with E-state index >= 15 is 0 Å². The van der Waals surface area contributed by atoms with E-state index in [2.05, 4.69) is 20.4 Å². The molecule has 7 heteroatoms. The number of carbonyl (C=O) groups is 1. The maximum absolute atomic E-state index is 12.3. The molecule has 7 nitrogen and oxygen atoms in total. The molecule has 0 fully saturated rings. The first-order valence-electron chi connectivity index (χ1n) is 6.37. The van der Waals surface area contributed by atoms with Gasteiger partial charge in [-0.15, -0.1) is 0 Å². The number of aromatic nitrogens is 4. The van der Waals surface area contributed by atoms with Crippen LogP contribution in [0.1, 0.15) is 16.1 Å². The van der Waals surface area contributed by atoms with Gasteiger partial charge in [-0.1, -0.05) is 0 Å². The van der Waals surface area contributed by atoms with E-state index in [0.29, 0.717) is 28.3 Å². The normalized spacial score (nSPS) is 10.8. The first-order valence-corrected chi connectivity index (χ1v) is 6.37. The topological polar surface area (TPSA) is 98.7 Å². The minimum absolute atomic E-state index is 0.266. The Kier molecular flexibility index (Phi) is 3.02. The average molecular weight is 282 g/mol. The number of rotatable bonds is 2. The van der Waals surface area contributed by atoms with Gasteiger partial charge in [-0.25, -0.2) is 0 Å². The molecule has 1 aromatic carbocycles. The van der Waals surface area contributed by atoms with Gasteiger partial charge in [0.2, 0.25) is 0 Å². The van der Waals surface area contributed by atoms with Gasteiger partial charge < -0.3 is 11.1 Å². The Labute approximate surface area is 120 Å². The second kappa shape index (κ2) is 4.86. The lowest BCUT2D eigenvalue weighted by atomic mass is 10.2. The Balaban J connectivity index is 1.93. The van der Waals surface area contributed by atoms with E-state index < -0.39 is 0 Å². The van der Waals surface area contributed by atoms with Crippen LogP contribution in [0.5, 0.6) is 0 Å². The van der Waals surface area contributed by atoms with Crippen molar-refractivity contribution in [1.82, 2.24) is 19.7 Å². The van der Waals surface area contributed by atoms with Crippen molar-refractivity contribution >= 4 is 28.4 Å². The molecule has 3 N–H and O–H groups in total. The van der Waals surface area contributed by atoms with Gasteiger partial charge in [0, 0.05) is 25.0 Å². The quantitative estimate of drug-likeness (QED) is 0.742. The van der Waals surface area contributed by atoms with Gasteiger partial charge in [0.05, 0.1) is 22.4 Å². The molecular weight excluding hydrogens is 268 g/mol. The number of amides is 1. The number of nitrogens with zero attached hydrogens (tertiary/aromatic N) is 4. The molecule has 106 valence electrons. The molecule has 0 radical (unpaired) electrons. The van der Waals surface area contributed by atoms with E-state index in [1.807, 2.05) is 0 Å². The summed E-state index contributed by atoms with van der Waals surface area (Å²) in [5.41, 5.74) is 8.94. The van der Waals surface area contributed by atoms with Gasteiger partial charge in [-0.3, -0.25) is 19.4 Å². The van der Waals surface area contributed by atoms with Crippen molar-refractivity contribution in [3.8, 4) is 0 Å². The molecule has 0 aliphatic rings. The van der Waals surface area contributed by atoms with Crippen molar-refractivity contribution in [1.29, 1.82) is 0 Å². The Bertz CT molecular complexity index is 839. The lowest BCUT2D eigenvalue weighted by molar-refractivity contribution is 0.102. The fourth-order valence-electron chi connectivity index (χ4n) is 2.11. The van der Waals surface area contributed by atoms with Crippen LogP contribution in [0.25, 0.3) is 11.0 Å². The summed E-state index contributed by atoms with van der Waals surface area (Å²) < 4.78 is 1.55. The van der Waals surface area contributed by atoms with Gasteiger partial charge >= 0.3 is 0 Å². The van der Waals surface area contributed by atoms with Crippen LogP contribution in [0, 0.1) is 6.92 Å². The zero-order valence-electron chi connectivity index (χ0n) is 11.7. The minimum atomic E-state index is -0.266. The number of anilines is 2. The summed E-state index contributed by atoms with van der Waals surface area (Å²) in [6, 6.07) is 5.15. The molecule has 1 amide bonds. The molecule has 3 aromatic rings. The molecule has 0 bridgehead atoms. The molecular formula is C14H14N6O. The third kappa shape index (κ3) is 2.29. The van der Waals surface area contributed by atoms with Crippen LogP contribution in [0.4, 0.5) is 11.5 Å². The smallest absolute Gasteiger partial charge is 0.256 e. The maximum atomic E-state index is 12.3. The minimum Gasteiger partial charge on any atom is -0.394 e. The van der Waals surface area contributed by atoms with Crippen LogP contribution < -0.4 is 11.1 Å². The molecule has 0 atom stereocenters. The van der Waals surface area contributed by atoms with E-state index in [9.17, 15) is 4.79 Å². The highest BCUT2D eigenvalue weighted by molar-refractivity contribution is 6.06. The van der Waals surface area contributed by atoms with E-state index in [1.165, 1.54) is 0 Å². The Morgan fingerprint density at radius 2 is 1.95 bits per heavy atom. The number of nitrogens with two attached hydrogens (primary N) is 1. The predicted molar refractivity (Wildman–Crippen MR) is 79.8 cm³/mol. The van der Waals surface area contributed by atoms with Gasteiger partial charge in [0.25, 0.3) is 5.91 Å². The maximum Gasteiger partial charge on any atom is 0.256 e. The summed E-state index contributed by atoms with van der Waals surface area (Å²) in [6.45, 7) is 1.79. The molecule has 0 saturated carbocycles. The van der Waals surface area contributed by atoms with Crippen LogP contribution >= 0.6 is 0 Å². The Morgan fingerprint density at radius 3 is 2.62 bits per heavy atom. The third-order valence-corrected chi connectivity index (χ3v) is 3.23. The van der Waals surface area contributed by atoms with Crippen molar-refractivity contribution in [3.63, 3.8) is 0 Å². The average Bonchev–Trinajstić information content (AvgIpc) is 2.73. The van der Waals surface area contributed by atoms with Crippen LogP contribution in [0.3, 0.4) is 0 Å². The number of nitrogen functional groups attached to an aromatic ring is 1. The molecule has 2 heterocycles. The SMILES string of the molecule is Cc1nn(C)c(NC(=O)c2ccc3nccnc3c2)c1N. The second-order valence-corrected chi connectivity index (χ2v) is 4.69. The molecule has 0 aliphatic carbocycles. The first kappa shape index (κ1) is 13.0. The zero-order valence-corrected chi connectivity index (χ0v) is 11.7. The van der Waals surface area contributed by atoms with Gasteiger partial charge in [-0.2, -0.15) is 5.10 Å². The number of fused-ring (bicyclic) bond motifs is 1. The summed E-state index contributed by atoms with van der Waals surface area (Å²) in [4.78, 5) is 20.7. The highest BCUT2D eigenvalue weighted by Crippen LogP contribution is 2.22. The largest absolute Gasteiger partial charge is 0.394 e. The van der Waals surface area contributed by atoms with Crippen molar-refractivity contribution in [2.75, 3.05) is 11.1 Å². The number of aryl methyl sites for hydroxylation is 2. The Morgan fingerprint density at radius 1 is 1.24 bits per heavy atom. The van der Waals surface area contributed by atoms with E-state index in [0.717, 1.165) is 5.52 Å². The fourth-order valence-corrected chi connectivity index (χ4v) is 2.11. The number of nitrogens with one attached hydrogen (secondary N) is 1. The number of carbonyl (C=O) groups excluding carboxylic acids is 1. The molecule has 21 heavy (non-hydrogen) atoms. The summed E-state index contributed by atoms with van der Waals surface area (Å²) >= 11 is 0. The lowest BCUT2D eigenvalue weighted by Crippen LogP contribution is -2.15. The number of benzene rings is 1. The number of hydrogen-bond acceptors (Lipinski definition) is 5. The van der Waals surface area contributed by atoms with Crippen molar-refractivity contribution in [2.24, 2.45) is 7.05 Å². The first-order chi connectivity index (χ1) is 10.1. The van der Waals surface area contributed by atoms with Gasteiger partial charge in [-0.05, 0) is 25.1 Å². The molecule has 0 aliphatic heterocycles. The summed E-state index contributed by atoms with van der Waals surface area (Å²) in [5, 5.41) is 6.93. The highest BCUT2D eigenvalue weighted by Gasteiger charge is 2.14.